The molecule has 2 saturated heterocycles. The molecule has 2 aliphatic heterocycles. The number of nitrogens with zero attached hydrogens (tertiary/aromatic N) is 1. The maximum absolute atomic E-state index is 13.2. The molecule has 0 spiro atoms. The van der Waals surface area contributed by atoms with Crippen LogP contribution in [0, 0.1) is 5.92 Å². The van der Waals surface area contributed by atoms with Crippen LogP contribution < -0.4 is 24.0 Å². The number of ether oxygens (including phenoxy) is 1. The van der Waals surface area contributed by atoms with Crippen molar-refractivity contribution in [2.75, 3.05) is 13.1 Å². The van der Waals surface area contributed by atoms with E-state index in [2.05, 4.69) is 44.2 Å². The van der Waals surface area contributed by atoms with E-state index in [9.17, 15) is 4.79 Å². The van der Waals surface area contributed by atoms with Gasteiger partial charge in [-0.25, -0.2) is 0 Å². The van der Waals surface area contributed by atoms with Gasteiger partial charge in [0.15, 0.2) is 0 Å². The molecule has 4 rings (SSSR count). The molecule has 2 bridgehead atoms. The smallest absolute Gasteiger partial charge is 0.309 e. The number of hydrogen-bond acceptors (Lipinski definition) is 2. The molecule has 3 fully saturated rings. The standard InChI is InChI=1S/C24H36NO2.HI/c1-3-25(4-2)19-14-15-20(25)17-21(16-19)27-24(26)23-13-9-8-12-22(23)18-10-6-5-7-11-18;/h5-7,10-11,19-23H,3-4,8-9,12-17H2,1-2H3;1H/q+1;/p-1/t19-,20+,21?,22?,23?;. The molecule has 3 unspecified atom stereocenters. The fourth-order valence-electron chi connectivity index (χ4n) is 6.67. The van der Waals surface area contributed by atoms with Gasteiger partial charge in [0.25, 0.3) is 0 Å². The SMILES string of the molecule is CC[N+]1(CC)[C@@H]2CC[C@H]1CC(OC(=O)C1CCCCC1c1ccccc1)C2.[I-]. The quantitative estimate of drug-likeness (QED) is 0.354. The van der Waals surface area contributed by atoms with E-state index in [-0.39, 0.29) is 42.0 Å². The lowest BCUT2D eigenvalue weighted by atomic mass is 9.75. The minimum absolute atomic E-state index is 0. The van der Waals surface area contributed by atoms with Crippen molar-refractivity contribution in [1.29, 1.82) is 0 Å². The topological polar surface area (TPSA) is 26.3 Å². The van der Waals surface area contributed by atoms with E-state index in [0.717, 1.165) is 32.1 Å². The fraction of sp³-hybridized carbons (Fsp3) is 0.708. The van der Waals surface area contributed by atoms with Crippen LogP contribution in [0.25, 0.3) is 0 Å². The summed E-state index contributed by atoms with van der Waals surface area (Å²) in [6.07, 6.45) is 9.42. The Balaban J connectivity index is 0.00000225. The molecular weight excluding hydrogens is 461 g/mol. The van der Waals surface area contributed by atoms with Crippen molar-refractivity contribution >= 4 is 5.97 Å². The van der Waals surface area contributed by atoms with Crippen LogP contribution in [0.15, 0.2) is 30.3 Å². The number of esters is 1. The predicted octanol–water partition coefficient (Wildman–Crippen LogP) is 2.06. The molecule has 1 aromatic carbocycles. The summed E-state index contributed by atoms with van der Waals surface area (Å²) in [7, 11) is 0. The van der Waals surface area contributed by atoms with Crippen LogP contribution in [0.5, 0.6) is 0 Å². The fourth-order valence-corrected chi connectivity index (χ4v) is 6.67. The van der Waals surface area contributed by atoms with Gasteiger partial charge in [-0.2, -0.15) is 0 Å². The lowest BCUT2D eigenvalue weighted by Gasteiger charge is -2.48. The molecule has 1 aromatic rings. The van der Waals surface area contributed by atoms with E-state index in [0.29, 0.717) is 18.0 Å². The van der Waals surface area contributed by atoms with Crippen molar-refractivity contribution in [1.82, 2.24) is 0 Å². The molecule has 0 aromatic heterocycles. The number of carbonyl (C=O) groups excluding carboxylic acids is 1. The first-order valence-corrected chi connectivity index (χ1v) is 11.3. The monoisotopic (exact) mass is 497 g/mol. The highest BCUT2D eigenvalue weighted by molar-refractivity contribution is 5.74. The second kappa shape index (κ2) is 9.46. The number of hydrogen-bond donors (Lipinski definition) is 0. The Morgan fingerprint density at radius 1 is 0.964 bits per heavy atom. The number of fused-ring (bicyclic) bond motifs is 2. The molecule has 5 atom stereocenters. The van der Waals surface area contributed by atoms with E-state index in [1.54, 1.807) is 0 Å². The van der Waals surface area contributed by atoms with Crippen LogP contribution in [-0.4, -0.2) is 41.7 Å². The minimum Gasteiger partial charge on any atom is -1.00 e. The average molecular weight is 497 g/mol. The maximum Gasteiger partial charge on any atom is 0.309 e. The Morgan fingerprint density at radius 2 is 1.57 bits per heavy atom. The number of halogens is 1. The third-order valence-corrected chi connectivity index (χ3v) is 8.11. The molecule has 2 heterocycles. The first-order chi connectivity index (χ1) is 13.2. The Hall–Kier alpha value is -0.620. The van der Waals surface area contributed by atoms with Crippen molar-refractivity contribution in [3.63, 3.8) is 0 Å². The van der Waals surface area contributed by atoms with Crippen molar-refractivity contribution in [3.05, 3.63) is 35.9 Å². The third kappa shape index (κ3) is 4.00. The lowest BCUT2D eigenvalue weighted by Crippen LogP contribution is -3.00. The van der Waals surface area contributed by atoms with Gasteiger partial charge in [0.1, 0.15) is 6.10 Å². The summed E-state index contributed by atoms with van der Waals surface area (Å²) in [5.74, 6) is 0.479. The highest BCUT2D eigenvalue weighted by Crippen LogP contribution is 2.44. The van der Waals surface area contributed by atoms with Crippen molar-refractivity contribution in [3.8, 4) is 0 Å². The first-order valence-electron chi connectivity index (χ1n) is 11.3. The van der Waals surface area contributed by atoms with Gasteiger partial charge in [0.2, 0.25) is 0 Å². The van der Waals surface area contributed by atoms with E-state index in [4.69, 9.17) is 4.74 Å². The normalized spacial score (nSPS) is 33.7. The molecule has 0 N–H and O–H groups in total. The zero-order chi connectivity index (χ0) is 18.9. The van der Waals surface area contributed by atoms with E-state index in [1.165, 1.54) is 42.4 Å². The van der Waals surface area contributed by atoms with Gasteiger partial charge in [-0.1, -0.05) is 43.2 Å². The summed E-state index contributed by atoms with van der Waals surface area (Å²) >= 11 is 0. The number of benzene rings is 1. The summed E-state index contributed by atoms with van der Waals surface area (Å²) in [5.41, 5.74) is 1.32. The average Bonchev–Trinajstić information content (AvgIpc) is 2.90. The minimum atomic E-state index is 0. The van der Waals surface area contributed by atoms with Gasteiger partial charge < -0.3 is 33.2 Å². The van der Waals surface area contributed by atoms with Gasteiger partial charge in [-0.05, 0) is 38.2 Å². The molecule has 0 amide bonds. The van der Waals surface area contributed by atoms with Crippen LogP contribution in [-0.2, 0) is 9.53 Å². The molecule has 4 heteroatoms. The summed E-state index contributed by atoms with van der Waals surface area (Å²) in [5, 5.41) is 0. The predicted molar refractivity (Wildman–Crippen MR) is 108 cm³/mol. The second-order valence-electron chi connectivity index (χ2n) is 9.06. The first kappa shape index (κ1) is 22.1. The van der Waals surface area contributed by atoms with Gasteiger partial charge in [0.05, 0.1) is 31.1 Å². The zero-order valence-electron chi connectivity index (χ0n) is 17.5. The second-order valence-corrected chi connectivity index (χ2v) is 9.06. The van der Waals surface area contributed by atoms with Gasteiger partial charge in [-0.15, -0.1) is 0 Å². The largest absolute Gasteiger partial charge is 1.00 e. The number of piperidine rings is 1. The van der Waals surface area contributed by atoms with Crippen molar-refractivity contribution < 1.29 is 38.0 Å². The Morgan fingerprint density at radius 3 is 2.18 bits per heavy atom. The van der Waals surface area contributed by atoms with E-state index >= 15 is 0 Å². The maximum atomic E-state index is 13.2. The molecule has 1 saturated carbocycles. The summed E-state index contributed by atoms with van der Waals surface area (Å²) in [4.78, 5) is 13.2. The lowest BCUT2D eigenvalue weighted by molar-refractivity contribution is -0.963. The molecule has 28 heavy (non-hydrogen) atoms. The number of quaternary nitrogens is 1. The number of rotatable bonds is 5. The van der Waals surface area contributed by atoms with Crippen LogP contribution in [0.3, 0.4) is 0 Å². The Kier molecular flexibility index (Phi) is 7.46. The third-order valence-electron chi connectivity index (χ3n) is 8.11. The highest BCUT2D eigenvalue weighted by Gasteiger charge is 2.53. The van der Waals surface area contributed by atoms with Crippen LogP contribution in [0.1, 0.15) is 76.7 Å². The van der Waals surface area contributed by atoms with Gasteiger partial charge in [0, 0.05) is 25.7 Å². The van der Waals surface area contributed by atoms with Crippen LogP contribution in [0.2, 0.25) is 0 Å². The van der Waals surface area contributed by atoms with Gasteiger partial charge in [-0.3, -0.25) is 4.79 Å². The molecule has 3 aliphatic rings. The molecular formula is C24H36INO2. The highest BCUT2D eigenvalue weighted by atomic mass is 127. The van der Waals surface area contributed by atoms with Crippen LogP contribution >= 0.6 is 0 Å². The van der Waals surface area contributed by atoms with Crippen molar-refractivity contribution in [2.45, 2.75) is 89.3 Å². The van der Waals surface area contributed by atoms with Crippen LogP contribution in [0.4, 0.5) is 0 Å². The molecule has 0 radical (unpaired) electrons. The Labute approximate surface area is 187 Å². The molecule has 1 aliphatic carbocycles. The molecule has 156 valence electrons. The molecule has 3 nitrogen and oxygen atoms in total. The Bertz CT molecular complexity index is 629. The summed E-state index contributed by atoms with van der Waals surface area (Å²) < 4.78 is 7.46. The van der Waals surface area contributed by atoms with E-state index in [1.807, 2.05) is 0 Å². The summed E-state index contributed by atoms with van der Waals surface area (Å²) in [6.45, 7) is 7.14. The summed E-state index contributed by atoms with van der Waals surface area (Å²) in [6, 6.07) is 12.0. The van der Waals surface area contributed by atoms with Gasteiger partial charge >= 0.3 is 5.97 Å². The zero-order valence-corrected chi connectivity index (χ0v) is 19.6. The van der Waals surface area contributed by atoms with E-state index < -0.39 is 0 Å². The number of carbonyl (C=O) groups is 1. The van der Waals surface area contributed by atoms with Crippen molar-refractivity contribution in [2.24, 2.45) is 5.92 Å².